The van der Waals surface area contributed by atoms with Gasteiger partial charge in [0.1, 0.15) is 5.82 Å². The molecule has 0 saturated carbocycles. The number of hydrogen-bond acceptors (Lipinski definition) is 2. The number of halogens is 1. The van der Waals surface area contributed by atoms with Crippen LogP contribution in [-0.2, 0) is 0 Å². The van der Waals surface area contributed by atoms with Crippen LogP contribution in [0, 0.1) is 5.82 Å². The second-order valence-electron chi connectivity index (χ2n) is 6.29. The Labute approximate surface area is 136 Å². The summed E-state index contributed by atoms with van der Waals surface area (Å²) in [6.45, 7) is 5.99. The summed E-state index contributed by atoms with van der Waals surface area (Å²) in [7, 11) is 0. The van der Waals surface area contributed by atoms with Crippen molar-refractivity contribution in [2.45, 2.75) is 32.7 Å². The van der Waals surface area contributed by atoms with Crippen molar-refractivity contribution >= 4 is 5.78 Å². The van der Waals surface area contributed by atoms with Gasteiger partial charge in [0.05, 0.1) is 0 Å². The molecule has 0 aliphatic carbocycles. The number of carbonyl (C=O) groups is 1. The van der Waals surface area contributed by atoms with Crippen LogP contribution in [0.25, 0.3) is 11.1 Å². The van der Waals surface area contributed by atoms with Crippen molar-refractivity contribution in [3.63, 3.8) is 0 Å². The minimum Gasteiger partial charge on any atom is -0.297 e. The fourth-order valence-electron chi connectivity index (χ4n) is 3.37. The third-order valence-corrected chi connectivity index (χ3v) is 4.73. The monoisotopic (exact) mass is 311 g/mol. The van der Waals surface area contributed by atoms with E-state index in [9.17, 15) is 9.18 Å². The van der Waals surface area contributed by atoms with Gasteiger partial charge in [-0.1, -0.05) is 18.2 Å². The molecule has 0 radical (unpaired) electrons. The van der Waals surface area contributed by atoms with Crippen molar-refractivity contribution in [2.24, 2.45) is 0 Å². The molecule has 3 rings (SSSR count). The van der Waals surface area contributed by atoms with Gasteiger partial charge >= 0.3 is 0 Å². The minimum absolute atomic E-state index is 0.0435. The first-order chi connectivity index (χ1) is 11.1. The summed E-state index contributed by atoms with van der Waals surface area (Å²) in [5.74, 6) is -0.360. The van der Waals surface area contributed by atoms with Crippen LogP contribution in [-0.4, -0.2) is 23.8 Å². The predicted octanol–water partition coefficient (Wildman–Crippen LogP) is 4.85. The second kappa shape index (κ2) is 6.63. The van der Waals surface area contributed by atoms with Crippen molar-refractivity contribution in [3.8, 4) is 11.1 Å². The molecule has 1 heterocycles. The van der Waals surface area contributed by atoms with Gasteiger partial charge in [-0.3, -0.25) is 9.69 Å². The summed E-state index contributed by atoms with van der Waals surface area (Å²) < 4.78 is 13.7. The number of likely N-dealkylation sites (tertiary alicyclic amines) is 1. The van der Waals surface area contributed by atoms with E-state index in [0.717, 1.165) is 18.7 Å². The molecule has 0 aromatic heterocycles. The molecule has 2 aromatic carbocycles. The molecule has 2 nitrogen and oxygen atoms in total. The highest BCUT2D eigenvalue weighted by Crippen LogP contribution is 2.30. The van der Waals surface area contributed by atoms with E-state index in [4.69, 9.17) is 0 Å². The lowest BCUT2D eigenvalue weighted by Crippen LogP contribution is -2.23. The Kier molecular flexibility index (Phi) is 4.58. The molecular formula is C20H22FNO. The summed E-state index contributed by atoms with van der Waals surface area (Å²) in [6, 6.07) is 12.8. The maximum Gasteiger partial charge on any atom is 0.160 e. The molecule has 0 spiro atoms. The lowest BCUT2D eigenvalue weighted by molar-refractivity contribution is 0.101. The van der Waals surface area contributed by atoms with Crippen LogP contribution in [0.5, 0.6) is 0 Å². The van der Waals surface area contributed by atoms with Crippen molar-refractivity contribution < 1.29 is 9.18 Å². The number of ketones is 1. The standard InChI is InChI=1S/C20H22FNO/c1-14(22-10-3-4-11-22)16-6-5-7-17(12-16)20-13-18(21)8-9-19(20)15(2)23/h5-9,12-14H,3-4,10-11H2,1-2H3/t14-/m0/s1. The highest BCUT2D eigenvalue weighted by atomic mass is 19.1. The van der Waals surface area contributed by atoms with Crippen LogP contribution in [0.4, 0.5) is 4.39 Å². The van der Waals surface area contributed by atoms with Gasteiger partial charge in [0.15, 0.2) is 5.78 Å². The SMILES string of the molecule is CC(=O)c1ccc(F)cc1-c1cccc([C@H](C)N2CCCC2)c1. The van der Waals surface area contributed by atoms with Gasteiger partial charge in [0.25, 0.3) is 0 Å². The van der Waals surface area contributed by atoms with Gasteiger partial charge in [0, 0.05) is 11.6 Å². The molecule has 0 bridgehead atoms. The molecular weight excluding hydrogens is 289 g/mol. The molecule has 1 saturated heterocycles. The number of Topliss-reactive ketones (excluding diaryl/α,β-unsaturated/α-hetero) is 1. The lowest BCUT2D eigenvalue weighted by atomic mass is 9.94. The molecule has 1 atom stereocenters. The first-order valence-electron chi connectivity index (χ1n) is 8.21. The summed E-state index contributed by atoms with van der Waals surface area (Å²) in [4.78, 5) is 14.3. The summed E-state index contributed by atoms with van der Waals surface area (Å²) in [5.41, 5.74) is 3.35. The maximum absolute atomic E-state index is 13.7. The Balaban J connectivity index is 2.00. The van der Waals surface area contributed by atoms with Crippen LogP contribution < -0.4 is 0 Å². The highest BCUT2D eigenvalue weighted by molar-refractivity contribution is 6.00. The number of hydrogen-bond donors (Lipinski definition) is 0. The largest absolute Gasteiger partial charge is 0.297 e. The molecule has 0 amide bonds. The zero-order valence-electron chi connectivity index (χ0n) is 13.7. The van der Waals surface area contributed by atoms with Crippen LogP contribution >= 0.6 is 0 Å². The average molecular weight is 311 g/mol. The summed E-state index contributed by atoms with van der Waals surface area (Å²) >= 11 is 0. The fourth-order valence-corrected chi connectivity index (χ4v) is 3.37. The van der Waals surface area contributed by atoms with Gasteiger partial charge in [-0.05, 0) is 80.7 Å². The van der Waals surface area contributed by atoms with E-state index in [1.165, 1.54) is 37.5 Å². The highest BCUT2D eigenvalue weighted by Gasteiger charge is 2.20. The van der Waals surface area contributed by atoms with Gasteiger partial charge in [-0.25, -0.2) is 4.39 Å². The van der Waals surface area contributed by atoms with E-state index in [0.29, 0.717) is 17.2 Å². The average Bonchev–Trinajstić information content (AvgIpc) is 3.08. The third-order valence-electron chi connectivity index (χ3n) is 4.73. The molecule has 3 heteroatoms. The molecule has 1 aliphatic heterocycles. The Bertz CT molecular complexity index is 719. The smallest absolute Gasteiger partial charge is 0.160 e. The normalized spacial score (nSPS) is 16.5. The zero-order valence-corrected chi connectivity index (χ0v) is 13.7. The van der Waals surface area contributed by atoms with Gasteiger partial charge in [-0.2, -0.15) is 0 Å². The molecule has 120 valence electrons. The quantitative estimate of drug-likeness (QED) is 0.752. The first-order valence-corrected chi connectivity index (χ1v) is 8.21. The van der Waals surface area contributed by atoms with Gasteiger partial charge in [0.2, 0.25) is 0 Å². The number of carbonyl (C=O) groups excluding carboxylic acids is 1. The van der Waals surface area contributed by atoms with E-state index in [1.54, 1.807) is 6.07 Å². The van der Waals surface area contributed by atoms with Gasteiger partial charge < -0.3 is 0 Å². The molecule has 0 unspecified atom stereocenters. The molecule has 1 aliphatic rings. The molecule has 23 heavy (non-hydrogen) atoms. The van der Waals surface area contributed by atoms with Crippen molar-refractivity contribution in [2.75, 3.05) is 13.1 Å². The van der Waals surface area contributed by atoms with Crippen molar-refractivity contribution in [3.05, 3.63) is 59.4 Å². The molecule has 1 fully saturated rings. The predicted molar refractivity (Wildman–Crippen MR) is 91.1 cm³/mol. The van der Waals surface area contributed by atoms with E-state index in [2.05, 4.69) is 24.0 Å². The summed E-state index contributed by atoms with van der Waals surface area (Å²) in [6.07, 6.45) is 2.50. The van der Waals surface area contributed by atoms with Gasteiger partial charge in [-0.15, -0.1) is 0 Å². The molecule has 2 aromatic rings. The number of rotatable bonds is 4. The Morgan fingerprint density at radius 3 is 2.57 bits per heavy atom. The fraction of sp³-hybridized carbons (Fsp3) is 0.350. The second-order valence-corrected chi connectivity index (χ2v) is 6.29. The van der Waals surface area contributed by atoms with E-state index < -0.39 is 0 Å². The maximum atomic E-state index is 13.7. The van der Waals surface area contributed by atoms with E-state index in [-0.39, 0.29) is 11.6 Å². The van der Waals surface area contributed by atoms with Crippen LogP contribution in [0.3, 0.4) is 0 Å². The third kappa shape index (κ3) is 3.35. The Morgan fingerprint density at radius 1 is 1.13 bits per heavy atom. The zero-order chi connectivity index (χ0) is 16.4. The summed E-state index contributed by atoms with van der Waals surface area (Å²) in [5, 5.41) is 0. The lowest BCUT2D eigenvalue weighted by Gasteiger charge is -2.24. The topological polar surface area (TPSA) is 20.3 Å². The van der Waals surface area contributed by atoms with E-state index >= 15 is 0 Å². The number of nitrogens with zero attached hydrogens (tertiary/aromatic N) is 1. The first kappa shape index (κ1) is 15.9. The Morgan fingerprint density at radius 2 is 1.87 bits per heavy atom. The Hall–Kier alpha value is -2.00. The van der Waals surface area contributed by atoms with Crippen LogP contribution in [0.15, 0.2) is 42.5 Å². The van der Waals surface area contributed by atoms with Crippen molar-refractivity contribution in [1.29, 1.82) is 0 Å². The van der Waals surface area contributed by atoms with Crippen LogP contribution in [0.1, 0.15) is 48.7 Å². The van der Waals surface area contributed by atoms with E-state index in [1.807, 2.05) is 12.1 Å². The molecule has 0 N–H and O–H groups in total. The number of benzene rings is 2. The van der Waals surface area contributed by atoms with Crippen LogP contribution in [0.2, 0.25) is 0 Å². The minimum atomic E-state index is -0.317. The van der Waals surface area contributed by atoms with Crippen molar-refractivity contribution in [1.82, 2.24) is 4.90 Å².